The quantitative estimate of drug-likeness (QED) is 0.371. The molecule has 1 heterocycles. The Bertz CT molecular complexity index is 813. The molecule has 174 valence electrons. The Morgan fingerprint density at radius 1 is 0.906 bits per heavy atom. The van der Waals surface area contributed by atoms with Crippen molar-refractivity contribution in [3.63, 3.8) is 0 Å². The Labute approximate surface area is 194 Å². The third kappa shape index (κ3) is 7.67. The average Bonchev–Trinajstić information content (AvgIpc) is 2.80. The highest BCUT2D eigenvalue weighted by atomic mass is 16.6. The van der Waals surface area contributed by atoms with Gasteiger partial charge in [-0.3, -0.25) is 5.32 Å². The van der Waals surface area contributed by atoms with Gasteiger partial charge in [0.05, 0.1) is 5.69 Å². The van der Waals surface area contributed by atoms with E-state index in [1.54, 1.807) is 0 Å². The molecule has 2 aromatic carbocycles. The second kappa shape index (κ2) is 12.6. The van der Waals surface area contributed by atoms with Gasteiger partial charge in [0.1, 0.15) is 5.60 Å². The fourth-order valence-corrected chi connectivity index (χ4v) is 4.47. The molecule has 1 amide bonds. The fraction of sp³-hybridized carbons (Fsp3) is 0.536. The first-order chi connectivity index (χ1) is 15.6. The molecule has 1 N–H and O–H groups in total. The molecule has 1 aliphatic heterocycles. The van der Waals surface area contributed by atoms with Crippen molar-refractivity contribution in [3.05, 3.63) is 54.6 Å². The summed E-state index contributed by atoms with van der Waals surface area (Å²) >= 11 is 0. The van der Waals surface area contributed by atoms with Crippen molar-refractivity contribution in [2.45, 2.75) is 77.2 Å². The number of amides is 1. The molecule has 4 heteroatoms. The molecule has 1 fully saturated rings. The van der Waals surface area contributed by atoms with Crippen molar-refractivity contribution in [2.75, 3.05) is 25.0 Å². The number of carbonyl (C=O) groups excluding carboxylic acids is 1. The van der Waals surface area contributed by atoms with Crippen LogP contribution in [0.25, 0.3) is 11.1 Å². The maximum Gasteiger partial charge on any atom is 0.412 e. The lowest BCUT2D eigenvalue weighted by atomic mass is 9.93. The molecule has 0 aromatic heterocycles. The van der Waals surface area contributed by atoms with E-state index in [4.69, 9.17) is 4.74 Å². The number of piperidine rings is 1. The number of rotatable bonds is 11. The summed E-state index contributed by atoms with van der Waals surface area (Å²) in [6.07, 6.45) is 10.8. The van der Waals surface area contributed by atoms with Gasteiger partial charge >= 0.3 is 6.09 Å². The van der Waals surface area contributed by atoms with Crippen molar-refractivity contribution in [2.24, 2.45) is 0 Å². The number of hydrogen-bond donors (Lipinski definition) is 1. The van der Waals surface area contributed by atoms with E-state index in [2.05, 4.69) is 24.1 Å². The van der Waals surface area contributed by atoms with E-state index in [-0.39, 0.29) is 6.09 Å². The third-order valence-corrected chi connectivity index (χ3v) is 6.58. The second-order valence-electron chi connectivity index (χ2n) is 9.34. The highest BCUT2D eigenvalue weighted by molar-refractivity contribution is 5.91. The van der Waals surface area contributed by atoms with Crippen LogP contribution in [0.1, 0.15) is 71.6 Å². The van der Waals surface area contributed by atoms with Crippen LogP contribution in [0.15, 0.2) is 54.6 Å². The van der Waals surface area contributed by atoms with Crippen LogP contribution in [0.4, 0.5) is 10.5 Å². The number of benzene rings is 2. The van der Waals surface area contributed by atoms with Gasteiger partial charge in [0.25, 0.3) is 0 Å². The Hall–Kier alpha value is -2.33. The number of para-hydroxylation sites is 1. The monoisotopic (exact) mass is 436 g/mol. The van der Waals surface area contributed by atoms with Crippen LogP contribution in [0, 0.1) is 0 Å². The van der Waals surface area contributed by atoms with E-state index < -0.39 is 5.60 Å². The van der Waals surface area contributed by atoms with Gasteiger partial charge in [0.15, 0.2) is 0 Å². The van der Waals surface area contributed by atoms with E-state index in [0.29, 0.717) is 0 Å². The van der Waals surface area contributed by atoms with Crippen molar-refractivity contribution in [1.29, 1.82) is 0 Å². The summed E-state index contributed by atoms with van der Waals surface area (Å²) in [5, 5.41) is 2.98. The van der Waals surface area contributed by atoms with Crippen LogP contribution in [-0.4, -0.2) is 36.2 Å². The van der Waals surface area contributed by atoms with Gasteiger partial charge in [-0.05, 0) is 44.4 Å². The Kier molecular flexibility index (Phi) is 9.61. The first kappa shape index (κ1) is 24.3. The van der Waals surface area contributed by atoms with E-state index in [1.165, 1.54) is 51.5 Å². The van der Waals surface area contributed by atoms with Crippen molar-refractivity contribution in [3.8, 4) is 11.1 Å². The number of nitrogens with one attached hydrogen (secondary N) is 1. The average molecular weight is 437 g/mol. The van der Waals surface area contributed by atoms with Crippen LogP contribution in [0.2, 0.25) is 0 Å². The van der Waals surface area contributed by atoms with Gasteiger partial charge in [0, 0.05) is 18.7 Å². The minimum absolute atomic E-state index is 0.364. The topological polar surface area (TPSA) is 41.6 Å². The molecule has 3 rings (SSSR count). The summed E-state index contributed by atoms with van der Waals surface area (Å²) in [5.41, 5.74) is 2.46. The zero-order valence-corrected chi connectivity index (χ0v) is 19.9. The molecule has 0 saturated carbocycles. The Morgan fingerprint density at radius 2 is 1.53 bits per heavy atom. The molecule has 0 atom stereocenters. The number of ether oxygens (including phenoxy) is 1. The summed E-state index contributed by atoms with van der Waals surface area (Å²) in [5.74, 6) is 0. The summed E-state index contributed by atoms with van der Waals surface area (Å²) in [6.45, 7) is 7.50. The number of carbonyl (C=O) groups is 1. The maximum absolute atomic E-state index is 12.7. The van der Waals surface area contributed by atoms with Crippen LogP contribution in [-0.2, 0) is 4.74 Å². The third-order valence-electron chi connectivity index (χ3n) is 6.58. The zero-order chi connectivity index (χ0) is 22.7. The van der Waals surface area contributed by atoms with Gasteiger partial charge < -0.3 is 9.64 Å². The Balaban J connectivity index is 1.42. The smallest absolute Gasteiger partial charge is 0.412 e. The standard InChI is InChI=1S/C28H40N2O2/c1-3-4-5-6-7-8-14-21-30-22-19-28(2,20-23-30)32-27(31)29-26-18-13-12-17-25(26)24-15-10-9-11-16-24/h9-13,15-18H,3-8,14,19-23H2,1-2H3,(H,29,31). The minimum atomic E-state index is -0.400. The molecule has 1 aliphatic rings. The molecule has 0 unspecified atom stereocenters. The molecular weight excluding hydrogens is 396 g/mol. The van der Waals surface area contributed by atoms with Crippen molar-refractivity contribution < 1.29 is 9.53 Å². The number of unbranched alkanes of at least 4 members (excludes halogenated alkanes) is 6. The van der Waals surface area contributed by atoms with Crippen LogP contribution < -0.4 is 5.32 Å². The largest absolute Gasteiger partial charge is 0.443 e. The first-order valence-electron chi connectivity index (χ1n) is 12.5. The lowest BCUT2D eigenvalue weighted by Crippen LogP contribution is -2.46. The van der Waals surface area contributed by atoms with Crippen LogP contribution in [0.5, 0.6) is 0 Å². The molecule has 0 spiro atoms. The SMILES string of the molecule is CCCCCCCCCN1CCC(C)(OC(=O)Nc2ccccc2-c2ccccc2)CC1. The number of hydrogen-bond acceptors (Lipinski definition) is 3. The lowest BCUT2D eigenvalue weighted by molar-refractivity contribution is -0.0163. The first-order valence-corrected chi connectivity index (χ1v) is 12.5. The second-order valence-corrected chi connectivity index (χ2v) is 9.34. The number of anilines is 1. The predicted molar refractivity (Wildman–Crippen MR) is 134 cm³/mol. The number of likely N-dealkylation sites (tertiary alicyclic amines) is 1. The highest BCUT2D eigenvalue weighted by Gasteiger charge is 2.33. The lowest BCUT2D eigenvalue weighted by Gasteiger charge is -2.38. The number of nitrogens with zero attached hydrogens (tertiary/aromatic N) is 1. The molecule has 0 aliphatic carbocycles. The van der Waals surface area contributed by atoms with E-state index >= 15 is 0 Å². The summed E-state index contributed by atoms with van der Waals surface area (Å²) < 4.78 is 5.93. The van der Waals surface area contributed by atoms with Crippen LogP contribution >= 0.6 is 0 Å². The van der Waals surface area contributed by atoms with Crippen LogP contribution in [0.3, 0.4) is 0 Å². The van der Waals surface area contributed by atoms with E-state index in [0.717, 1.165) is 42.7 Å². The fourth-order valence-electron chi connectivity index (χ4n) is 4.47. The predicted octanol–water partition coefficient (Wildman–Crippen LogP) is 7.51. The maximum atomic E-state index is 12.7. The minimum Gasteiger partial charge on any atom is -0.443 e. The molecule has 0 radical (unpaired) electrons. The molecule has 1 saturated heterocycles. The summed E-state index contributed by atoms with van der Waals surface area (Å²) in [7, 11) is 0. The summed E-state index contributed by atoms with van der Waals surface area (Å²) in [4.78, 5) is 15.3. The summed E-state index contributed by atoms with van der Waals surface area (Å²) in [6, 6.07) is 18.0. The molecular formula is C28H40N2O2. The molecule has 2 aromatic rings. The molecule has 0 bridgehead atoms. The van der Waals surface area contributed by atoms with Gasteiger partial charge in [-0.25, -0.2) is 4.79 Å². The van der Waals surface area contributed by atoms with Gasteiger partial charge in [0.2, 0.25) is 0 Å². The van der Waals surface area contributed by atoms with E-state index in [9.17, 15) is 4.79 Å². The normalized spacial score (nSPS) is 15.9. The highest BCUT2D eigenvalue weighted by Crippen LogP contribution is 2.30. The van der Waals surface area contributed by atoms with Gasteiger partial charge in [-0.1, -0.05) is 94.0 Å². The van der Waals surface area contributed by atoms with Gasteiger partial charge in [-0.2, -0.15) is 0 Å². The van der Waals surface area contributed by atoms with Crippen molar-refractivity contribution in [1.82, 2.24) is 4.90 Å². The zero-order valence-electron chi connectivity index (χ0n) is 19.9. The molecule has 32 heavy (non-hydrogen) atoms. The molecule has 4 nitrogen and oxygen atoms in total. The van der Waals surface area contributed by atoms with E-state index in [1.807, 2.05) is 54.6 Å². The van der Waals surface area contributed by atoms with Crippen molar-refractivity contribution >= 4 is 11.8 Å². The Morgan fingerprint density at radius 3 is 2.25 bits per heavy atom. The van der Waals surface area contributed by atoms with Gasteiger partial charge in [-0.15, -0.1) is 0 Å².